The molecule has 0 radical (unpaired) electrons. The van der Waals surface area contributed by atoms with Crippen LogP contribution in [-0.2, 0) is 11.2 Å². The molecule has 1 aromatic rings. The summed E-state index contributed by atoms with van der Waals surface area (Å²) in [7, 11) is 1.71. The summed E-state index contributed by atoms with van der Waals surface area (Å²) in [4.78, 5) is 2.52. The van der Waals surface area contributed by atoms with E-state index >= 15 is 0 Å². The van der Waals surface area contributed by atoms with Gasteiger partial charge in [0.05, 0.1) is 12.8 Å². The lowest BCUT2D eigenvalue weighted by Crippen LogP contribution is -2.60. The summed E-state index contributed by atoms with van der Waals surface area (Å²) in [5, 5.41) is 8.00. The Morgan fingerprint density at radius 3 is 2.74 bits per heavy atom. The fourth-order valence-electron chi connectivity index (χ4n) is 5.75. The number of methoxy groups -OCH3 is 1. The summed E-state index contributed by atoms with van der Waals surface area (Å²) >= 11 is 0. The Bertz CT molecular complexity index is 985. The summed E-state index contributed by atoms with van der Waals surface area (Å²) in [6, 6.07) is 8.83. The number of allylic oxidation sites excluding steroid dienone is 3. The molecule has 31 heavy (non-hydrogen) atoms. The maximum absolute atomic E-state index is 6.78. The van der Waals surface area contributed by atoms with Gasteiger partial charge in [-0.25, -0.2) is 0 Å². The van der Waals surface area contributed by atoms with Gasteiger partial charge in [-0.15, -0.1) is 0 Å². The molecule has 0 aromatic heterocycles. The van der Waals surface area contributed by atoms with Gasteiger partial charge in [0.2, 0.25) is 0 Å². The van der Waals surface area contributed by atoms with Gasteiger partial charge in [0.15, 0.2) is 5.88 Å². The van der Waals surface area contributed by atoms with Gasteiger partial charge in [-0.2, -0.15) is 5.10 Å². The first-order chi connectivity index (χ1) is 14.9. The third kappa shape index (κ3) is 3.38. The SMILES string of the molecule is C=C(C1=C[C@](C)(N2CCC3(CC2)Cc2ccccc2C3N)NC(OC)=C1)C1=NNCC1. The molecular weight excluding hydrogens is 386 g/mol. The third-order valence-electron chi connectivity index (χ3n) is 7.71. The van der Waals surface area contributed by atoms with Crippen molar-refractivity contribution in [2.24, 2.45) is 16.3 Å². The number of hydrogen-bond donors (Lipinski definition) is 3. The van der Waals surface area contributed by atoms with E-state index in [4.69, 9.17) is 10.5 Å². The first kappa shape index (κ1) is 20.3. The van der Waals surface area contributed by atoms with E-state index in [1.54, 1.807) is 7.11 Å². The van der Waals surface area contributed by atoms with E-state index in [1.165, 1.54) is 11.1 Å². The molecule has 0 bridgehead atoms. The summed E-state index contributed by atoms with van der Waals surface area (Å²) < 4.78 is 5.64. The van der Waals surface area contributed by atoms with Crippen molar-refractivity contribution in [2.75, 3.05) is 26.7 Å². The number of nitrogens with one attached hydrogen (secondary N) is 2. The highest BCUT2D eigenvalue weighted by Crippen LogP contribution is 2.51. The number of piperidine rings is 1. The molecule has 4 aliphatic rings. The maximum atomic E-state index is 6.78. The van der Waals surface area contributed by atoms with Gasteiger partial charge in [0.1, 0.15) is 5.66 Å². The molecule has 164 valence electrons. The van der Waals surface area contributed by atoms with E-state index in [0.717, 1.165) is 68.1 Å². The van der Waals surface area contributed by atoms with Crippen molar-refractivity contribution in [3.63, 3.8) is 0 Å². The number of rotatable bonds is 4. The molecule has 1 fully saturated rings. The van der Waals surface area contributed by atoms with Crippen molar-refractivity contribution in [3.8, 4) is 0 Å². The molecule has 0 saturated carbocycles. The molecule has 6 nitrogen and oxygen atoms in total. The highest BCUT2D eigenvalue weighted by atomic mass is 16.5. The average Bonchev–Trinajstić information content (AvgIpc) is 3.41. The van der Waals surface area contributed by atoms with Crippen LogP contribution in [0, 0.1) is 5.41 Å². The van der Waals surface area contributed by atoms with Crippen molar-refractivity contribution in [1.82, 2.24) is 15.6 Å². The summed E-state index contributed by atoms with van der Waals surface area (Å²) in [6.45, 7) is 9.40. The predicted octanol–water partition coefficient (Wildman–Crippen LogP) is 2.96. The molecule has 6 heteroatoms. The largest absolute Gasteiger partial charge is 0.482 e. The number of nitrogens with zero attached hydrogens (tertiary/aromatic N) is 2. The van der Waals surface area contributed by atoms with E-state index in [9.17, 15) is 0 Å². The van der Waals surface area contributed by atoms with Crippen molar-refractivity contribution in [1.29, 1.82) is 0 Å². The van der Waals surface area contributed by atoms with Crippen LogP contribution in [0.3, 0.4) is 0 Å². The Kier molecular flexibility index (Phi) is 4.94. The number of nitrogens with two attached hydrogens (primary N) is 1. The Morgan fingerprint density at radius 2 is 2.06 bits per heavy atom. The van der Waals surface area contributed by atoms with Crippen LogP contribution in [0.2, 0.25) is 0 Å². The van der Waals surface area contributed by atoms with E-state index in [1.807, 2.05) is 6.08 Å². The van der Waals surface area contributed by atoms with Crippen LogP contribution in [-0.4, -0.2) is 43.0 Å². The predicted molar refractivity (Wildman–Crippen MR) is 124 cm³/mol. The summed E-state index contributed by atoms with van der Waals surface area (Å²) in [5.74, 6) is 0.762. The zero-order valence-electron chi connectivity index (χ0n) is 18.6. The van der Waals surface area contributed by atoms with Crippen LogP contribution >= 0.6 is 0 Å². The second-order valence-electron chi connectivity index (χ2n) is 9.48. The first-order valence-electron chi connectivity index (χ1n) is 11.3. The minimum atomic E-state index is -0.345. The molecule has 1 aromatic carbocycles. The van der Waals surface area contributed by atoms with Crippen molar-refractivity contribution >= 4 is 5.71 Å². The van der Waals surface area contributed by atoms with Crippen molar-refractivity contribution in [2.45, 2.75) is 44.3 Å². The topological polar surface area (TPSA) is 74.9 Å². The molecule has 4 N–H and O–H groups in total. The van der Waals surface area contributed by atoms with Crippen LogP contribution in [0.5, 0.6) is 0 Å². The summed E-state index contributed by atoms with van der Waals surface area (Å²) in [5.41, 5.74) is 15.5. The average molecular weight is 420 g/mol. The standard InChI is InChI=1S/C25H33N5O/c1-17(21-8-11-27-29-21)19-14-22(31-3)28-24(2,15-19)30-12-9-25(10-13-30)16-18-6-4-5-7-20(18)23(25)26/h4-7,14-15,23,27-28H,1,8-13,16,26H2,2-3H3/t23?,24-/m0/s1. The molecule has 3 aliphatic heterocycles. The van der Waals surface area contributed by atoms with Crippen molar-refractivity contribution < 1.29 is 4.74 Å². The van der Waals surface area contributed by atoms with Gasteiger partial charge in [0.25, 0.3) is 0 Å². The van der Waals surface area contributed by atoms with Crippen LogP contribution in [0.25, 0.3) is 0 Å². The molecule has 1 aliphatic carbocycles. The zero-order valence-corrected chi connectivity index (χ0v) is 18.6. The highest BCUT2D eigenvalue weighted by molar-refractivity contribution is 6.04. The molecular formula is C25H33N5O. The maximum Gasteiger partial charge on any atom is 0.188 e. The molecule has 1 spiro atoms. The van der Waals surface area contributed by atoms with Gasteiger partial charge < -0.3 is 21.2 Å². The van der Waals surface area contributed by atoms with Crippen molar-refractivity contribution in [3.05, 3.63) is 71.2 Å². The molecule has 0 amide bonds. The van der Waals surface area contributed by atoms with Crippen LogP contribution in [0.1, 0.15) is 43.4 Å². The normalized spacial score (nSPS) is 29.4. The lowest BCUT2D eigenvalue weighted by atomic mass is 9.72. The van der Waals surface area contributed by atoms with E-state index in [2.05, 4.69) is 64.6 Å². The molecule has 1 saturated heterocycles. The van der Waals surface area contributed by atoms with Gasteiger partial charge in [-0.3, -0.25) is 4.90 Å². The fraction of sp³-hybridized carbons (Fsp3) is 0.480. The van der Waals surface area contributed by atoms with Gasteiger partial charge in [-0.1, -0.05) is 30.8 Å². The summed E-state index contributed by atoms with van der Waals surface area (Å²) in [6.07, 6.45) is 8.48. The first-order valence-corrected chi connectivity index (χ1v) is 11.3. The smallest absolute Gasteiger partial charge is 0.188 e. The second-order valence-corrected chi connectivity index (χ2v) is 9.48. The fourth-order valence-corrected chi connectivity index (χ4v) is 5.75. The number of hydrogen-bond acceptors (Lipinski definition) is 6. The minimum absolute atomic E-state index is 0.131. The lowest BCUT2D eigenvalue weighted by Gasteiger charge is -2.49. The van der Waals surface area contributed by atoms with Gasteiger partial charge in [-0.05, 0) is 60.0 Å². The number of ether oxygens (including phenoxy) is 1. The Morgan fingerprint density at radius 1 is 1.29 bits per heavy atom. The Hall–Kier alpha value is -2.57. The van der Waals surface area contributed by atoms with Crippen LogP contribution in [0.4, 0.5) is 0 Å². The van der Waals surface area contributed by atoms with Gasteiger partial charge >= 0.3 is 0 Å². The van der Waals surface area contributed by atoms with E-state index in [-0.39, 0.29) is 17.1 Å². The Labute approximate surface area is 184 Å². The highest BCUT2D eigenvalue weighted by Gasteiger charge is 2.48. The lowest BCUT2D eigenvalue weighted by molar-refractivity contribution is 0.0192. The molecule has 1 unspecified atom stereocenters. The van der Waals surface area contributed by atoms with Crippen LogP contribution < -0.4 is 16.5 Å². The number of hydrazone groups is 1. The molecule has 5 rings (SSSR count). The molecule has 3 heterocycles. The Balaban J connectivity index is 1.36. The zero-order chi connectivity index (χ0) is 21.6. The van der Waals surface area contributed by atoms with Gasteiger partial charge in [0, 0.05) is 38.2 Å². The van der Waals surface area contributed by atoms with Crippen LogP contribution in [0.15, 0.2) is 65.1 Å². The monoisotopic (exact) mass is 419 g/mol. The number of benzene rings is 1. The number of dihydropyridines is 1. The second kappa shape index (κ2) is 7.53. The number of likely N-dealkylation sites (tertiary alicyclic amines) is 1. The van der Waals surface area contributed by atoms with E-state index < -0.39 is 0 Å². The molecule has 2 atom stereocenters. The number of fused-ring (bicyclic) bond motifs is 1. The third-order valence-corrected chi connectivity index (χ3v) is 7.71. The minimum Gasteiger partial charge on any atom is -0.482 e. The van der Waals surface area contributed by atoms with E-state index in [0.29, 0.717) is 0 Å². The quantitative estimate of drug-likeness (QED) is 0.700.